The van der Waals surface area contributed by atoms with E-state index in [-0.39, 0.29) is 41.5 Å². The summed E-state index contributed by atoms with van der Waals surface area (Å²) in [5.41, 5.74) is 0.808. The summed E-state index contributed by atoms with van der Waals surface area (Å²) >= 11 is 0. The fraction of sp³-hybridized carbons (Fsp3) is 0.682. The number of methoxy groups -OCH3 is 1. The van der Waals surface area contributed by atoms with Gasteiger partial charge in [-0.05, 0) is 64.0 Å². The van der Waals surface area contributed by atoms with Gasteiger partial charge in [0, 0.05) is 12.6 Å². The Balaban J connectivity index is 0.00000961. The normalized spacial score (nSPS) is 12.8. The number of hydrogen-bond acceptors (Lipinski definition) is 4. The Bertz CT molecular complexity index is 671. The zero-order chi connectivity index (χ0) is 23.3. The molecular formula is C22H38F3IN4O2. The van der Waals surface area contributed by atoms with Gasteiger partial charge in [-0.1, -0.05) is 19.9 Å². The van der Waals surface area contributed by atoms with E-state index < -0.39 is 12.8 Å². The van der Waals surface area contributed by atoms with E-state index in [1.54, 1.807) is 12.1 Å². The van der Waals surface area contributed by atoms with E-state index >= 15 is 0 Å². The number of aliphatic imine (C=N–C) groups is 1. The fourth-order valence-corrected chi connectivity index (χ4v) is 3.05. The Morgan fingerprint density at radius 2 is 1.84 bits per heavy atom. The van der Waals surface area contributed by atoms with Crippen molar-refractivity contribution in [3.05, 3.63) is 23.8 Å². The third-order valence-corrected chi connectivity index (χ3v) is 4.77. The zero-order valence-corrected chi connectivity index (χ0v) is 22.0. The van der Waals surface area contributed by atoms with E-state index in [1.807, 2.05) is 6.92 Å². The highest BCUT2D eigenvalue weighted by atomic mass is 127. The highest BCUT2D eigenvalue weighted by Gasteiger charge is 2.29. The molecule has 0 fully saturated rings. The van der Waals surface area contributed by atoms with Crippen LogP contribution in [0.1, 0.15) is 46.1 Å². The summed E-state index contributed by atoms with van der Waals surface area (Å²) in [5, 5.41) is 6.64. The summed E-state index contributed by atoms with van der Waals surface area (Å²) in [6.45, 7) is 11.4. The number of halogens is 4. The van der Waals surface area contributed by atoms with Gasteiger partial charge in [-0.15, -0.1) is 24.0 Å². The lowest BCUT2D eigenvalue weighted by atomic mass is 10.2. The number of rotatable bonds is 13. The highest BCUT2D eigenvalue weighted by Crippen LogP contribution is 2.30. The molecule has 0 saturated carbocycles. The first-order chi connectivity index (χ1) is 14.7. The summed E-state index contributed by atoms with van der Waals surface area (Å²) < 4.78 is 47.2. The first-order valence-electron chi connectivity index (χ1n) is 10.9. The molecule has 1 aromatic carbocycles. The van der Waals surface area contributed by atoms with Crippen LogP contribution >= 0.6 is 24.0 Å². The van der Waals surface area contributed by atoms with Crippen LogP contribution in [0.4, 0.5) is 13.2 Å². The molecule has 0 bridgehead atoms. The predicted octanol–water partition coefficient (Wildman–Crippen LogP) is 4.82. The standard InChI is InChI=1S/C22H37F3N4O2.HI/c1-6-26-21(28-17(4)10-9-13-29(7-2)8-3)27-15-18-11-12-19(20(14-18)30-5)31-16-22(23,24)25;/h11-12,14,17H,6-10,13,15-16H2,1-5H3,(H2,26,27,28);1H. The van der Waals surface area contributed by atoms with Gasteiger partial charge in [0.15, 0.2) is 24.1 Å². The molecular weight excluding hydrogens is 536 g/mol. The van der Waals surface area contributed by atoms with Gasteiger partial charge in [-0.25, -0.2) is 4.99 Å². The summed E-state index contributed by atoms with van der Waals surface area (Å²) in [5.74, 6) is 1.01. The molecule has 2 N–H and O–H groups in total. The van der Waals surface area contributed by atoms with E-state index in [4.69, 9.17) is 9.47 Å². The Hall–Kier alpha value is -1.43. The first-order valence-corrected chi connectivity index (χ1v) is 10.9. The van der Waals surface area contributed by atoms with Crippen LogP contribution < -0.4 is 20.1 Å². The number of benzene rings is 1. The summed E-state index contributed by atoms with van der Waals surface area (Å²) in [7, 11) is 1.40. The highest BCUT2D eigenvalue weighted by molar-refractivity contribution is 14.0. The quantitative estimate of drug-likeness (QED) is 0.201. The Kier molecular flexibility index (Phi) is 15.5. The molecule has 0 radical (unpaired) electrons. The van der Waals surface area contributed by atoms with E-state index in [0.29, 0.717) is 12.5 Å². The molecule has 1 atom stereocenters. The van der Waals surface area contributed by atoms with Gasteiger partial charge in [0.25, 0.3) is 0 Å². The summed E-state index contributed by atoms with van der Waals surface area (Å²) in [6.07, 6.45) is -2.27. The monoisotopic (exact) mass is 574 g/mol. The predicted molar refractivity (Wildman–Crippen MR) is 134 cm³/mol. The average molecular weight is 574 g/mol. The van der Waals surface area contributed by atoms with Crippen molar-refractivity contribution < 1.29 is 22.6 Å². The van der Waals surface area contributed by atoms with Crippen molar-refractivity contribution >= 4 is 29.9 Å². The molecule has 1 unspecified atom stereocenters. The number of nitrogens with one attached hydrogen (secondary N) is 2. The minimum absolute atomic E-state index is 0. The SMILES string of the molecule is CCNC(=NCc1ccc(OCC(F)(F)F)c(OC)c1)NC(C)CCCN(CC)CC.I. The van der Waals surface area contributed by atoms with Crippen LogP contribution in [-0.2, 0) is 6.54 Å². The molecule has 0 aromatic heterocycles. The van der Waals surface area contributed by atoms with E-state index in [0.717, 1.165) is 44.6 Å². The molecule has 0 aliphatic rings. The Morgan fingerprint density at radius 1 is 1.16 bits per heavy atom. The van der Waals surface area contributed by atoms with Crippen LogP contribution in [-0.4, -0.2) is 63.0 Å². The lowest BCUT2D eigenvalue weighted by Gasteiger charge is -2.21. The van der Waals surface area contributed by atoms with Crippen molar-refractivity contribution in [1.29, 1.82) is 0 Å². The second kappa shape index (κ2) is 16.2. The smallest absolute Gasteiger partial charge is 0.422 e. The maximum absolute atomic E-state index is 12.4. The molecule has 0 amide bonds. The minimum atomic E-state index is -4.40. The lowest BCUT2D eigenvalue weighted by molar-refractivity contribution is -0.153. The van der Waals surface area contributed by atoms with Crippen LogP contribution in [0.25, 0.3) is 0 Å². The molecule has 32 heavy (non-hydrogen) atoms. The minimum Gasteiger partial charge on any atom is -0.493 e. The number of guanidine groups is 1. The van der Waals surface area contributed by atoms with Gasteiger partial charge < -0.3 is 25.0 Å². The molecule has 1 aromatic rings. The molecule has 10 heteroatoms. The second-order valence-corrected chi connectivity index (χ2v) is 7.30. The van der Waals surface area contributed by atoms with E-state index in [9.17, 15) is 13.2 Å². The van der Waals surface area contributed by atoms with E-state index in [1.165, 1.54) is 13.2 Å². The van der Waals surface area contributed by atoms with Crippen molar-refractivity contribution in [3.63, 3.8) is 0 Å². The molecule has 0 aliphatic heterocycles. The number of hydrogen-bond donors (Lipinski definition) is 2. The average Bonchev–Trinajstić information content (AvgIpc) is 2.73. The van der Waals surface area contributed by atoms with Crippen LogP contribution in [0.15, 0.2) is 23.2 Å². The van der Waals surface area contributed by atoms with Gasteiger partial charge in [0.2, 0.25) is 0 Å². The fourth-order valence-electron chi connectivity index (χ4n) is 3.05. The third kappa shape index (κ3) is 12.6. The van der Waals surface area contributed by atoms with Gasteiger partial charge in [0.1, 0.15) is 0 Å². The van der Waals surface area contributed by atoms with Crippen molar-refractivity contribution in [2.75, 3.05) is 39.9 Å². The zero-order valence-electron chi connectivity index (χ0n) is 19.7. The van der Waals surface area contributed by atoms with Gasteiger partial charge >= 0.3 is 6.18 Å². The number of alkyl halides is 3. The molecule has 0 heterocycles. The third-order valence-electron chi connectivity index (χ3n) is 4.77. The van der Waals surface area contributed by atoms with E-state index in [2.05, 4.69) is 41.3 Å². The molecule has 0 spiro atoms. The Labute approximate surface area is 207 Å². The van der Waals surface area contributed by atoms with Gasteiger partial charge in [0.05, 0.1) is 13.7 Å². The maximum Gasteiger partial charge on any atom is 0.422 e. The number of ether oxygens (including phenoxy) is 2. The summed E-state index contributed by atoms with van der Waals surface area (Å²) in [6, 6.07) is 5.08. The van der Waals surface area contributed by atoms with Crippen molar-refractivity contribution in [3.8, 4) is 11.5 Å². The van der Waals surface area contributed by atoms with Crippen LogP contribution in [0, 0.1) is 0 Å². The molecule has 1 rings (SSSR count). The second-order valence-electron chi connectivity index (χ2n) is 7.30. The lowest BCUT2D eigenvalue weighted by Crippen LogP contribution is -2.42. The van der Waals surface area contributed by atoms with Gasteiger partial charge in [-0.3, -0.25) is 0 Å². The van der Waals surface area contributed by atoms with Crippen LogP contribution in [0.5, 0.6) is 11.5 Å². The number of nitrogens with zero attached hydrogens (tertiary/aromatic N) is 2. The van der Waals surface area contributed by atoms with Crippen molar-refractivity contribution in [2.45, 2.75) is 59.3 Å². The van der Waals surface area contributed by atoms with Crippen LogP contribution in [0.3, 0.4) is 0 Å². The van der Waals surface area contributed by atoms with Crippen molar-refractivity contribution in [2.24, 2.45) is 4.99 Å². The molecule has 0 saturated heterocycles. The largest absolute Gasteiger partial charge is 0.493 e. The molecule has 186 valence electrons. The summed E-state index contributed by atoms with van der Waals surface area (Å²) in [4.78, 5) is 7.00. The topological polar surface area (TPSA) is 58.1 Å². The first kappa shape index (κ1) is 30.6. The van der Waals surface area contributed by atoms with Crippen molar-refractivity contribution in [1.82, 2.24) is 15.5 Å². The van der Waals surface area contributed by atoms with Crippen LogP contribution in [0.2, 0.25) is 0 Å². The molecule has 0 aliphatic carbocycles. The Morgan fingerprint density at radius 3 is 2.41 bits per heavy atom. The maximum atomic E-state index is 12.4. The molecule has 6 nitrogen and oxygen atoms in total. The van der Waals surface area contributed by atoms with Gasteiger partial charge in [-0.2, -0.15) is 13.2 Å².